The molecule has 4 nitrogen and oxygen atoms in total. The van der Waals surface area contributed by atoms with Crippen molar-refractivity contribution in [2.75, 3.05) is 18.6 Å². The second-order valence-electron chi connectivity index (χ2n) is 5.51. The molecule has 0 aliphatic heterocycles. The molecular weight excluding hydrogens is 447 g/mol. The van der Waals surface area contributed by atoms with E-state index in [1.165, 1.54) is 11.3 Å². The smallest absolute Gasteiger partial charge is 0.286 e. The number of ether oxygens (including phenoxy) is 1. The Morgan fingerprint density at radius 1 is 1.19 bits per heavy atom. The summed E-state index contributed by atoms with van der Waals surface area (Å²) in [7, 11) is 0. The van der Waals surface area contributed by atoms with Gasteiger partial charge in [0.25, 0.3) is 5.91 Å². The van der Waals surface area contributed by atoms with Gasteiger partial charge in [-0.15, -0.1) is 0 Å². The summed E-state index contributed by atoms with van der Waals surface area (Å²) in [6.07, 6.45) is 2.04. The van der Waals surface area contributed by atoms with E-state index in [9.17, 15) is 4.79 Å². The van der Waals surface area contributed by atoms with Gasteiger partial charge >= 0.3 is 0 Å². The van der Waals surface area contributed by atoms with Crippen LogP contribution in [0.15, 0.2) is 41.4 Å². The molecule has 1 aromatic heterocycles. The summed E-state index contributed by atoms with van der Waals surface area (Å²) >= 11 is 21.2. The minimum atomic E-state index is -0.392. The molecule has 0 N–H and O–H groups in total. The lowest BCUT2D eigenvalue weighted by atomic mass is 10.3. The summed E-state index contributed by atoms with van der Waals surface area (Å²) in [4.78, 5) is 17.2. The highest BCUT2D eigenvalue weighted by Crippen LogP contribution is 2.27. The van der Waals surface area contributed by atoms with Crippen LogP contribution in [0.1, 0.15) is 0 Å². The van der Waals surface area contributed by atoms with E-state index in [1.807, 2.05) is 29.0 Å². The Morgan fingerprint density at radius 2 is 1.93 bits per heavy atom. The number of nitrogens with zero attached hydrogens (tertiary/aromatic N) is 2. The van der Waals surface area contributed by atoms with Gasteiger partial charge in [0.1, 0.15) is 5.75 Å². The number of benzene rings is 2. The van der Waals surface area contributed by atoms with Crippen LogP contribution in [0.25, 0.3) is 10.2 Å². The average Bonchev–Trinajstić information content (AvgIpc) is 2.95. The van der Waals surface area contributed by atoms with E-state index in [0.717, 1.165) is 22.5 Å². The first-order valence-corrected chi connectivity index (χ1v) is 11.3. The molecule has 0 saturated carbocycles. The Labute approximate surface area is 179 Å². The number of carbonyl (C=O) groups is 1. The predicted molar refractivity (Wildman–Crippen MR) is 116 cm³/mol. The summed E-state index contributed by atoms with van der Waals surface area (Å²) in [5.74, 6) is 0.909. The molecule has 1 amide bonds. The highest BCUT2D eigenvalue weighted by atomic mass is 35.5. The van der Waals surface area contributed by atoms with Crippen LogP contribution in [0, 0.1) is 0 Å². The van der Waals surface area contributed by atoms with Gasteiger partial charge in [0, 0.05) is 22.3 Å². The van der Waals surface area contributed by atoms with Crippen LogP contribution in [0.5, 0.6) is 5.75 Å². The summed E-state index contributed by atoms with van der Waals surface area (Å²) in [6, 6.07) is 10.5. The molecular formula is C18H15Cl3N2O2S2. The van der Waals surface area contributed by atoms with Gasteiger partial charge in [-0.3, -0.25) is 4.79 Å². The fourth-order valence-corrected chi connectivity index (χ4v) is 4.58. The molecule has 0 unspecified atom stereocenters. The van der Waals surface area contributed by atoms with E-state index in [4.69, 9.17) is 39.5 Å². The number of thiazole rings is 1. The molecule has 1 heterocycles. The molecule has 0 fully saturated rings. The zero-order valence-electron chi connectivity index (χ0n) is 14.2. The van der Waals surface area contributed by atoms with Gasteiger partial charge in [0.15, 0.2) is 11.4 Å². The predicted octanol–water partition coefficient (Wildman–Crippen LogP) is 5.53. The topological polar surface area (TPSA) is 43.6 Å². The number of aromatic nitrogens is 1. The van der Waals surface area contributed by atoms with Crippen LogP contribution in [0.4, 0.5) is 0 Å². The number of rotatable bonds is 6. The van der Waals surface area contributed by atoms with Gasteiger partial charge < -0.3 is 9.30 Å². The van der Waals surface area contributed by atoms with E-state index >= 15 is 0 Å². The lowest BCUT2D eigenvalue weighted by Crippen LogP contribution is -2.20. The number of halogens is 3. The first-order valence-electron chi connectivity index (χ1n) is 7.91. The molecule has 0 radical (unpaired) electrons. The Bertz CT molecular complexity index is 1050. The summed E-state index contributed by atoms with van der Waals surface area (Å²) in [5, 5.41) is 1.50. The van der Waals surface area contributed by atoms with E-state index in [0.29, 0.717) is 25.6 Å². The van der Waals surface area contributed by atoms with Crippen LogP contribution in [0.2, 0.25) is 15.1 Å². The van der Waals surface area contributed by atoms with Crippen molar-refractivity contribution in [1.29, 1.82) is 0 Å². The van der Waals surface area contributed by atoms with Crippen molar-refractivity contribution < 1.29 is 9.53 Å². The molecule has 3 aromatic rings. The molecule has 0 spiro atoms. The van der Waals surface area contributed by atoms with E-state index in [1.54, 1.807) is 30.0 Å². The van der Waals surface area contributed by atoms with Crippen molar-refractivity contribution in [3.63, 3.8) is 0 Å². The van der Waals surface area contributed by atoms with Gasteiger partial charge in [-0.25, -0.2) is 0 Å². The van der Waals surface area contributed by atoms with Crippen molar-refractivity contribution >= 4 is 74.0 Å². The van der Waals surface area contributed by atoms with Crippen LogP contribution >= 0.6 is 57.9 Å². The monoisotopic (exact) mass is 460 g/mol. The Balaban J connectivity index is 1.86. The number of carbonyl (C=O) groups excluding carboxylic acids is 1. The lowest BCUT2D eigenvalue weighted by molar-refractivity contribution is -0.120. The third-order valence-corrected chi connectivity index (χ3v) is 6.03. The maximum Gasteiger partial charge on any atom is 0.286 e. The van der Waals surface area contributed by atoms with Gasteiger partial charge in [-0.2, -0.15) is 16.8 Å². The zero-order valence-corrected chi connectivity index (χ0v) is 18.1. The Hall–Kier alpha value is -1.18. The van der Waals surface area contributed by atoms with Crippen molar-refractivity contribution in [2.45, 2.75) is 6.54 Å². The number of fused-ring (bicyclic) bond motifs is 1. The van der Waals surface area contributed by atoms with Crippen molar-refractivity contribution in [2.24, 2.45) is 4.99 Å². The second kappa shape index (κ2) is 9.34. The van der Waals surface area contributed by atoms with E-state index in [-0.39, 0.29) is 6.61 Å². The van der Waals surface area contributed by atoms with Crippen LogP contribution in [-0.2, 0) is 11.3 Å². The number of aryl methyl sites for hydroxylation is 1. The SMILES string of the molecule is CSCCn1c(=NC(=O)COc2ccc(Cl)cc2Cl)sc2cc(Cl)ccc21. The Kier molecular flexibility index (Phi) is 7.11. The third kappa shape index (κ3) is 5.21. The number of hydrogen-bond donors (Lipinski definition) is 0. The third-order valence-electron chi connectivity index (χ3n) is 3.63. The summed E-state index contributed by atoms with van der Waals surface area (Å²) in [6.45, 7) is 0.539. The van der Waals surface area contributed by atoms with Crippen molar-refractivity contribution in [3.8, 4) is 5.75 Å². The molecule has 142 valence electrons. The second-order valence-corrected chi connectivity index (χ2v) is 8.78. The summed E-state index contributed by atoms with van der Waals surface area (Å²) in [5.41, 5.74) is 1.01. The molecule has 0 saturated heterocycles. The van der Waals surface area contributed by atoms with Crippen LogP contribution in [-0.4, -0.2) is 29.1 Å². The van der Waals surface area contributed by atoms with Crippen LogP contribution in [0.3, 0.4) is 0 Å². The fourth-order valence-electron chi connectivity index (χ4n) is 2.40. The van der Waals surface area contributed by atoms with Crippen molar-refractivity contribution in [1.82, 2.24) is 4.57 Å². The number of thioether (sulfide) groups is 1. The summed E-state index contributed by atoms with van der Waals surface area (Å²) < 4.78 is 8.49. The fraction of sp³-hybridized carbons (Fsp3) is 0.222. The number of amides is 1. The molecule has 0 bridgehead atoms. The molecule has 0 aliphatic rings. The van der Waals surface area contributed by atoms with E-state index in [2.05, 4.69) is 4.99 Å². The first kappa shape index (κ1) is 20.6. The largest absolute Gasteiger partial charge is 0.482 e. The standard InChI is InChI=1S/C18H15Cl3N2O2S2/c1-26-7-6-23-14-4-2-12(20)9-16(14)27-18(23)22-17(24)10-25-15-5-3-11(19)8-13(15)21/h2-5,8-9H,6-7,10H2,1H3. The minimum Gasteiger partial charge on any atom is -0.482 e. The minimum absolute atomic E-state index is 0.209. The van der Waals surface area contributed by atoms with Gasteiger partial charge in [0.05, 0.1) is 15.2 Å². The van der Waals surface area contributed by atoms with Gasteiger partial charge in [-0.05, 0) is 42.7 Å². The molecule has 9 heteroatoms. The van der Waals surface area contributed by atoms with Gasteiger partial charge in [-0.1, -0.05) is 46.1 Å². The van der Waals surface area contributed by atoms with Gasteiger partial charge in [0.2, 0.25) is 0 Å². The molecule has 0 atom stereocenters. The lowest BCUT2D eigenvalue weighted by Gasteiger charge is -2.06. The zero-order chi connectivity index (χ0) is 19.4. The normalized spacial score (nSPS) is 11.9. The van der Waals surface area contributed by atoms with Crippen molar-refractivity contribution in [3.05, 3.63) is 56.3 Å². The molecule has 27 heavy (non-hydrogen) atoms. The maximum atomic E-state index is 12.3. The number of hydrogen-bond acceptors (Lipinski definition) is 4. The maximum absolute atomic E-state index is 12.3. The molecule has 0 aliphatic carbocycles. The Morgan fingerprint density at radius 3 is 2.67 bits per heavy atom. The highest BCUT2D eigenvalue weighted by Gasteiger charge is 2.10. The molecule has 3 rings (SSSR count). The van der Waals surface area contributed by atoms with Crippen LogP contribution < -0.4 is 9.54 Å². The molecule has 2 aromatic carbocycles. The first-order chi connectivity index (χ1) is 13.0. The van der Waals surface area contributed by atoms with E-state index < -0.39 is 5.91 Å². The average molecular weight is 462 g/mol. The highest BCUT2D eigenvalue weighted by molar-refractivity contribution is 7.98. The quantitative estimate of drug-likeness (QED) is 0.484.